The lowest BCUT2D eigenvalue weighted by Gasteiger charge is -2.23. The highest BCUT2D eigenvalue weighted by atomic mass is 35.5. The van der Waals surface area contributed by atoms with Crippen LogP contribution in [0.4, 0.5) is 0 Å². The largest absolute Gasteiger partial charge is 0.481 e. The molecule has 0 amide bonds. The molecule has 0 aliphatic carbocycles. The quantitative estimate of drug-likeness (QED) is 0.312. The number of quaternary nitrogens is 1. The van der Waals surface area contributed by atoms with Gasteiger partial charge in [-0.2, -0.15) is 0 Å². The van der Waals surface area contributed by atoms with Crippen LogP contribution in [0.3, 0.4) is 0 Å². The van der Waals surface area contributed by atoms with E-state index in [1.165, 1.54) is 0 Å². The number of carboxylic acid groups (broad SMARTS) is 1. The third-order valence-electron chi connectivity index (χ3n) is 1.55. The lowest BCUT2D eigenvalue weighted by molar-refractivity contribution is -0.837. The molecular formula is C7H12ClN2O2+. The first kappa shape index (κ1) is 11.2. The van der Waals surface area contributed by atoms with E-state index in [1.54, 1.807) is 14.1 Å². The van der Waals surface area contributed by atoms with Crippen LogP contribution in [0.2, 0.25) is 0 Å². The van der Waals surface area contributed by atoms with E-state index in [2.05, 4.69) is 0 Å². The van der Waals surface area contributed by atoms with Crippen LogP contribution < -0.4 is 0 Å². The molecular weight excluding hydrogens is 180 g/mol. The van der Waals surface area contributed by atoms with Crippen molar-refractivity contribution < 1.29 is 14.4 Å². The molecule has 0 spiro atoms. The molecule has 5 heteroatoms. The van der Waals surface area contributed by atoms with Crippen molar-refractivity contribution in [2.45, 2.75) is 18.3 Å². The van der Waals surface area contributed by atoms with Crippen LogP contribution in [0.5, 0.6) is 0 Å². The van der Waals surface area contributed by atoms with Crippen LogP contribution in [-0.2, 0) is 4.79 Å². The van der Waals surface area contributed by atoms with Crippen LogP contribution >= 0.6 is 11.6 Å². The lowest BCUT2D eigenvalue weighted by Crippen LogP contribution is -2.41. The van der Waals surface area contributed by atoms with E-state index in [9.17, 15) is 4.79 Å². The Morgan fingerprint density at radius 1 is 1.75 bits per heavy atom. The number of nitrogens with zero attached hydrogens (tertiary/aromatic N) is 2. The summed E-state index contributed by atoms with van der Waals surface area (Å²) in [7, 11) is 3.28. The number of hydrogen-bond acceptors (Lipinski definition) is 2. The SMILES string of the molecule is C[N+](C)(C#N)[C@H](Cl)CCC(=O)O. The second-order valence-corrected chi connectivity index (χ2v) is 3.51. The Morgan fingerprint density at radius 3 is 2.58 bits per heavy atom. The van der Waals surface area contributed by atoms with E-state index in [0.29, 0.717) is 6.42 Å². The highest BCUT2D eigenvalue weighted by Crippen LogP contribution is 2.15. The van der Waals surface area contributed by atoms with Gasteiger partial charge in [0.05, 0.1) is 20.5 Å². The summed E-state index contributed by atoms with van der Waals surface area (Å²) in [6.45, 7) is 0. The van der Waals surface area contributed by atoms with Crippen molar-refractivity contribution in [3.8, 4) is 6.19 Å². The van der Waals surface area contributed by atoms with Gasteiger partial charge >= 0.3 is 12.2 Å². The zero-order chi connectivity index (χ0) is 9.78. The summed E-state index contributed by atoms with van der Waals surface area (Å²) in [5.41, 5.74) is -0.467. The van der Waals surface area contributed by atoms with E-state index >= 15 is 0 Å². The number of carbonyl (C=O) groups is 1. The van der Waals surface area contributed by atoms with Crippen molar-refractivity contribution in [2.75, 3.05) is 14.1 Å². The molecule has 0 aromatic rings. The summed E-state index contributed by atoms with van der Waals surface area (Å²) in [6.07, 6.45) is 2.28. The third kappa shape index (κ3) is 3.56. The molecule has 1 N–H and O–H groups in total. The average Bonchev–Trinajstić information content (AvgIpc) is 2.00. The van der Waals surface area contributed by atoms with E-state index in [4.69, 9.17) is 22.0 Å². The predicted octanol–water partition coefficient (Wildman–Crippen LogP) is 0.974. The first-order valence-electron chi connectivity index (χ1n) is 3.51. The smallest absolute Gasteiger partial charge is 0.309 e. The molecule has 12 heavy (non-hydrogen) atoms. The van der Waals surface area contributed by atoms with Gasteiger partial charge in [0.25, 0.3) is 0 Å². The van der Waals surface area contributed by atoms with Gasteiger partial charge in [-0.15, -0.1) is 5.26 Å². The molecule has 4 nitrogen and oxygen atoms in total. The summed E-state index contributed by atoms with van der Waals surface area (Å²) in [5, 5.41) is 17.0. The minimum absolute atomic E-state index is 0.00245. The fraction of sp³-hybridized carbons (Fsp3) is 0.714. The fourth-order valence-corrected chi connectivity index (χ4v) is 0.781. The Labute approximate surface area is 76.6 Å². The fourth-order valence-electron chi connectivity index (χ4n) is 0.628. The zero-order valence-corrected chi connectivity index (χ0v) is 7.88. The van der Waals surface area contributed by atoms with Crippen molar-refractivity contribution in [1.29, 1.82) is 5.26 Å². The van der Waals surface area contributed by atoms with Crippen LogP contribution in [0.15, 0.2) is 0 Å². The van der Waals surface area contributed by atoms with Crippen LogP contribution in [0, 0.1) is 11.5 Å². The molecule has 0 fully saturated rings. The second-order valence-electron chi connectivity index (χ2n) is 3.01. The first-order chi connectivity index (χ1) is 5.40. The topological polar surface area (TPSA) is 61.1 Å². The number of rotatable bonds is 4. The van der Waals surface area contributed by atoms with Gasteiger partial charge in [-0.1, -0.05) is 11.6 Å². The number of nitriles is 1. The summed E-state index contributed by atoms with van der Waals surface area (Å²) in [4.78, 5) is 10.2. The monoisotopic (exact) mass is 191 g/mol. The first-order valence-corrected chi connectivity index (χ1v) is 3.94. The maximum Gasteiger partial charge on any atom is 0.309 e. The molecule has 1 atom stereocenters. The maximum absolute atomic E-state index is 10.2. The minimum Gasteiger partial charge on any atom is -0.481 e. The average molecular weight is 192 g/mol. The van der Waals surface area contributed by atoms with Gasteiger partial charge in [-0.05, 0) is 0 Å². The van der Waals surface area contributed by atoms with Gasteiger partial charge in [0.1, 0.15) is 0 Å². The van der Waals surface area contributed by atoms with E-state index < -0.39 is 11.5 Å². The molecule has 0 saturated heterocycles. The van der Waals surface area contributed by atoms with Crippen molar-refractivity contribution in [1.82, 2.24) is 0 Å². The summed E-state index contributed by atoms with van der Waals surface area (Å²) >= 11 is 5.80. The Hall–Kier alpha value is -0.790. The molecule has 68 valence electrons. The molecule has 0 aliphatic heterocycles. The molecule has 0 radical (unpaired) electrons. The molecule has 0 aromatic carbocycles. The van der Waals surface area contributed by atoms with Gasteiger partial charge in [0, 0.05) is 6.42 Å². The third-order valence-corrected chi connectivity index (χ3v) is 2.26. The van der Waals surface area contributed by atoms with E-state index in [-0.39, 0.29) is 10.9 Å². The number of aliphatic carboxylic acids is 1. The van der Waals surface area contributed by atoms with Crippen LogP contribution in [0.1, 0.15) is 12.8 Å². The predicted molar refractivity (Wildman–Crippen MR) is 44.2 cm³/mol. The normalized spacial score (nSPS) is 13.5. The molecule has 0 bridgehead atoms. The molecule has 0 heterocycles. The standard InChI is InChI=1S/C7H11ClN2O2/c1-10(2,5-9)6(8)3-4-7(11)12/h6H,3-4H2,1-2H3/p+1/t6-/m0/s1. The van der Waals surface area contributed by atoms with E-state index in [1.807, 2.05) is 6.19 Å². The lowest BCUT2D eigenvalue weighted by atomic mass is 10.3. The van der Waals surface area contributed by atoms with Crippen molar-refractivity contribution in [3.05, 3.63) is 0 Å². The molecule has 0 aliphatic rings. The zero-order valence-electron chi connectivity index (χ0n) is 7.12. The summed E-state index contributed by atoms with van der Waals surface area (Å²) in [6, 6.07) is 0. The van der Waals surface area contributed by atoms with Gasteiger partial charge in [0.2, 0.25) is 0 Å². The van der Waals surface area contributed by atoms with Gasteiger partial charge in [0.15, 0.2) is 5.50 Å². The highest BCUT2D eigenvalue weighted by Gasteiger charge is 2.26. The Kier molecular flexibility index (Phi) is 4.01. The Balaban J connectivity index is 3.97. The molecule has 0 unspecified atom stereocenters. The number of carboxylic acids is 1. The number of alkyl halides is 1. The van der Waals surface area contributed by atoms with Gasteiger partial charge < -0.3 is 5.11 Å². The van der Waals surface area contributed by atoms with Gasteiger partial charge in [-0.25, -0.2) is 4.48 Å². The van der Waals surface area contributed by atoms with Gasteiger partial charge in [-0.3, -0.25) is 4.79 Å². The summed E-state index contributed by atoms with van der Waals surface area (Å²) in [5.74, 6) is -0.890. The van der Waals surface area contributed by atoms with Crippen LogP contribution in [0.25, 0.3) is 0 Å². The molecule has 0 rings (SSSR count). The molecule has 0 saturated carbocycles. The highest BCUT2D eigenvalue weighted by molar-refractivity contribution is 6.19. The Bertz CT molecular complexity index is 210. The Morgan fingerprint density at radius 2 is 2.25 bits per heavy atom. The maximum atomic E-state index is 10.2. The number of hydrogen-bond donors (Lipinski definition) is 1. The minimum atomic E-state index is -0.890. The van der Waals surface area contributed by atoms with Crippen LogP contribution in [-0.4, -0.2) is 35.2 Å². The van der Waals surface area contributed by atoms with Crippen molar-refractivity contribution in [3.63, 3.8) is 0 Å². The number of halogens is 1. The van der Waals surface area contributed by atoms with E-state index in [0.717, 1.165) is 0 Å². The van der Waals surface area contributed by atoms with Crippen molar-refractivity contribution >= 4 is 17.6 Å². The second kappa shape index (κ2) is 4.29. The van der Waals surface area contributed by atoms with Crippen molar-refractivity contribution in [2.24, 2.45) is 0 Å². The summed E-state index contributed by atoms with van der Waals surface area (Å²) < 4.78 is -0.0329. The molecule has 0 aromatic heterocycles.